The molecule has 1 saturated heterocycles. The van der Waals surface area contributed by atoms with Gasteiger partial charge in [0.2, 0.25) is 5.91 Å². The first-order valence-corrected chi connectivity index (χ1v) is 6.38. The summed E-state index contributed by atoms with van der Waals surface area (Å²) in [4.78, 5) is 34.5. The molecule has 1 aliphatic rings. The molecule has 1 heterocycles. The largest absolute Gasteiger partial charge is 0.494 e. The van der Waals surface area contributed by atoms with Gasteiger partial charge in [-0.1, -0.05) is 0 Å². The van der Waals surface area contributed by atoms with Crippen molar-refractivity contribution in [2.75, 3.05) is 18.1 Å². The fraction of sp³-hybridized carbons (Fsp3) is 0.385. The number of nitrogens with zero attached hydrogens (tertiary/aromatic N) is 2. The molecule has 1 aromatic rings. The Morgan fingerprint density at radius 1 is 1.57 bits per heavy atom. The number of ether oxygens (including phenoxy) is 1. The smallest absolute Gasteiger partial charge is 0.308 e. The molecule has 0 aliphatic carbocycles. The van der Waals surface area contributed by atoms with Crippen molar-refractivity contribution in [1.29, 1.82) is 0 Å². The van der Waals surface area contributed by atoms with Crippen molar-refractivity contribution in [2.45, 2.75) is 13.3 Å². The Morgan fingerprint density at radius 3 is 2.81 bits per heavy atom. The number of hydrogen-bond acceptors (Lipinski definition) is 5. The van der Waals surface area contributed by atoms with Crippen LogP contribution in [0.4, 0.5) is 11.4 Å². The van der Waals surface area contributed by atoms with E-state index < -0.39 is 22.7 Å². The van der Waals surface area contributed by atoms with Crippen LogP contribution in [0.1, 0.15) is 13.3 Å². The number of carboxylic acids is 1. The van der Waals surface area contributed by atoms with Crippen LogP contribution in [-0.4, -0.2) is 35.1 Å². The molecule has 1 aliphatic heterocycles. The average molecular weight is 294 g/mol. The third kappa shape index (κ3) is 2.93. The van der Waals surface area contributed by atoms with E-state index in [1.165, 1.54) is 18.2 Å². The zero-order chi connectivity index (χ0) is 15.6. The van der Waals surface area contributed by atoms with Gasteiger partial charge in [0, 0.05) is 13.0 Å². The van der Waals surface area contributed by atoms with Crippen molar-refractivity contribution in [3.63, 3.8) is 0 Å². The van der Waals surface area contributed by atoms with E-state index >= 15 is 0 Å². The Morgan fingerprint density at radius 2 is 2.29 bits per heavy atom. The normalized spacial score (nSPS) is 17.9. The molecule has 0 unspecified atom stereocenters. The number of nitro benzene ring substituents is 1. The molecule has 1 aromatic carbocycles. The van der Waals surface area contributed by atoms with Crippen molar-refractivity contribution in [3.05, 3.63) is 28.3 Å². The first kappa shape index (κ1) is 14.8. The molecule has 0 spiro atoms. The van der Waals surface area contributed by atoms with E-state index in [2.05, 4.69) is 0 Å². The minimum absolute atomic E-state index is 0.0665. The quantitative estimate of drug-likeness (QED) is 0.649. The Kier molecular flexibility index (Phi) is 4.06. The number of carbonyl (C=O) groups is 2. The highest BCUT2D eigenvalue weighted by atomic mass is 16.6. The third-order valence-corrected chi connectivity index (χ3v) is 3.22. The maximum atomic E-state index is 11.9. The van der Waals surface area contributed by atoms with Crippen LogP contribution in [0.5, 0.6) is 5.75 Å². The van der Waals surface area contributed by atoms with Gasteiger partial charge in [0.05, 0.1) is 23.5 Å². The molecular weight excluding hydrogens is 280 g/mol. The van der Waals surface area contributed by atoms with Gasteiger partial charge >= 0.3 is 5.97 Å². The average Bonchev–Trinajstić information content (AvgIpc) is 2.81. The van der Waals surface area contributed by atoms with Crippen LogP contribution in [0.3, 0.4) is 0 Å². The van der Waals surface area contributed by atoms with E-state index in [9.17, 15) is 19.7 Å². The molecule has 21 heavy (non-hydrogen) atoms. The number of carboxylic acid groups (broad SMARTS) is 1. The first-order valence-electron chi connectivity index (χ1n) is 6.38. The van der Waals surface area contributed by atoms with Crippen LogP contribution >= 0.6 is 0 Å². The van der Waals surface area contributed by atoms with Gasteiger partial charge in [0.1, 0.15) is 11.4 Å². The highest BCUT2D eigenvalue weighted by molar-refractivity contribution is 6.00. The van der Waals surface area contributed by atoms with Gasteiger partial charge in [0.15, 0.2) is 0 Å². The standard InChI is InChI=1S/C13H14N2O6/c1-2-21-9-3-4-10(11(6-9)15(19)20)14-7-8(13(17)18)5-12(14)16/h3-4,6,8H,2,5,7H2,1H3,(H,17,18)/t8-/m0/s1. The van der Waals surface area contributed by atoms with Crippen LogP contribution in [0, 0.1) is 16.0 Å². The predicted molar refractivity (Wildman–Crippen MR) is 72.4 cm³/mol. The summed E-state index contributed by atoms with van der Waals surface area (Å²) in [6, 6.07) is 4.17. The van der Waals surface area contributed by atoms with Gasteiger partial charge < -0.3 is 14.7 Å². The van der Waals surface area contributed by atoms with Crippen LogP contribution < -0.4 is 9.64 Å². The second kappa shape index (κ2) is 5.78. The molecule has 8 nitrogen and oxygen atoms in total. The monoisotopic (exact) mass is 294 g/mol. The Labute approximate surface area is 120 Å². The van der Waals surface area contributed by atoms with Crippen molar-refractivity contribution in [1.82, 2.24) is 0 Å². The molecular formula is C13H14N2O6. The van der Waals surface area contributed by atoms with Crippen LogP contribution in [0.15, 0.2) is 18.2 Å². The van der Waals surface area contributed by atoms with Crippen molar-refractivity contribution in [3.8, 4) is 5.75 Å². The molecule has 1 N–H and O–H groups in total. The summed E-state index contributed by atoms with van der Waals surface area (Å²) in [5.74, 6) is -2.04. The predicted octanol–water partition coefficient (Wildman–Crippen LogP) is 1.43. The summed E-state index contributed by atoms with van der Waals surface area (Å²) in [5, 5.41) is 20.1. The summed E-state index contributed by atoms with van der Waals surface area (Å²) in [6.45, 7) is 2.05. The first-order chi connectivity index (χ1) is 9.93. The van der Waals surface area contributed by atoms with Gasteiger partial charge in [-0.25, -0.2) is 0 Å². The molecule has 112 valence electrons. The van der Waals surface area contributed by atoms with Gasteiger partial charge in [-0.15, -0.1) is 0 Å². The number of amides is 1. The number of nitro groups is 1. The zero-order valence-electron chi connectivity index (χ0n) is 11.3. The molecule has 2 rings (SSSR count). The number of anilines is 1. The highest BCUT2D eigenvalue weighted by Gasteiger charge is 2.37. The molecule has 0 bridgehead atoms. The summed E-state index contributed by atoms with van der Waals surface area (Å²) in [6.07, 6.45) is -0.153. The van der Waals surface area contributed by atoms with E-state index in [0.29, 0.717) is 12.4 Å². The maximum absolute atomic E-state index is 11.9. The molecule has 1 atom stereocenters. The highest BCUT2D eigenvalue weighted by Crippen LogP contribution is 2.35. The fourth-order valence-electron chi connectivity index (χ4n) is 2.24. The number of carbonyl (C=O) groups excluding carboxylic acids is 1. The van der Waals surface area contributed by atoms with Crippen LogP contribution in [0.2, 0.25) is 0 Å². The molecule has 1 fully saturated rings. The summed E-state index contributed by atoms with van der Waals surface area (Å²) >= 11 is 0. The van der Waals surface area contributed by atoms with E-state index in [4.69, 9.17) is 9.84 Å². The van der Waals surface area contributed by atoms with Gasteiger partial charge in [0.25, 0.3) is 5.69 Å². The minimum Gasteiger partial charge on any atom is -0.494 e. The summed E-state index contributed by atoms with van der Waals surface area (Å²) < 4.78 is 5.20. The molecule has 0 saturated carbocycles. The molecule has 0 radical (unpaired) electrons. The SMILES string of the molecule is CCOc1ccc(N2C[C@@H](C(=O)O)CC2=O)c([N+](=O)[O-])c1. The lowest BCUT2D eigenvalue weighted by Crippen LogP contribution is -2.26. The second-order valence-electron chi connectivity index (χ2n) is 4.58. The molecule has 1 amide bonds. The van der Waals surface area contributed by atoms with Crippen LogP contribution in [0.25, 0.3) is 0 Å². The second-order valence-corrected chi connectivity index (χ2v) is 4.58. The Balaban J connectivity index is 2.37. The Hall–Kier alpha value is -2.64. The van der Waals surface area contributed by atoms with Crippen molar-refractivity contribution >= 4 is 23.3 Å². The van der Waals surface area contributed by atoms with Crippen molar-refractivity contribution in [2.24, 2.45) is 5.92 Å². The number of hydrogen-bond donors (Lipinski definition) is 1. The van der Waals surface area contributed by atoms with Gasteiger partial charge in [-0.2, -0.15) is 0 Å². The zero-order valence-corrected chi connectivity index (χ0v) is 11.3. The summed E-state index contributed by atoms with van der Waals surface area (Å²) in [7, 11) is 0. The number of rotatable bonds is 5. The number of aliphatic carboxylic acids is 1. The topological polar surface area (TPSA) is 110 Å². The number of benzene rings is 1. The van der Waals surface area contributed by atoms with E-state index in [1.807, 2.05) is 0 Å². The van der Waals surface area contributed by atoms with E-state index in [-0.39, 0.29) is 24.3 Å². The molecule has 0 aromatic heterocycles. The van der Waals surface area contributed by atoms with Gasteiger partial charge in [-0.05, 0) is 19.1 Å². The fourth-order valence-corrected chi connectivity index (χ4v) is 2.24. The summed E-state index contributed by atoms with van der Waals surface area (Å²) in [5.41, 5.74) is -0.183. The lowest BCUT2D eigenvalue weighted by Gasteiger charge is -2.16. The van der Waals surface area contributed by atoms with E-state index in [1.54, 1.807) is 6.92 Å². The van der Waals surface area contributed by atoms with Gasteiger partial charge in [-0.3, -0.25) is 19.7 Å². The lowest BCUT2D eigenvalue weighted by molar-refractivity contribution is -0.384. The van der Waals surface area contributed by atoms with Crippen molar-refractivity contribution < 1.29 is 24.4 Å². The lowest BCUT2D eigenvalue weighted by atomic mass is 10.1. The Bertz CT molecular complexity index is 600. The van der Waals surface area contributed by atoms with E-state index in [0.717, 1.165) is 4.90 Å². The molecule has 8 heteroatoms. The maximum Gasteiger partial charge on any atom is 0.308 e. The third-order valence-electron chi connectivity index (χ3n) is 3.22. The minimum atomic E-state index is -1.08. The van der Waals surface area contributed by atoms with Crippen LogP contribution in [-0.2, 0) is 9.59 Å².